The molecule has 0 saturated carbocycles. The maximum absolute atomic E-state index is 11.1. The third kappa shape index (κ3) is 2.57. The van der Waals surface area contributed by atoms with Gasteiger partial charge in [-0.25, -0.2) is 14.6 Å². The minimum Gasteiger partial charge on any atom is -0.440 e. The van der Waals surface area contributed by atoms with Crippen molar-refractivity contribution in [2.24, 2.45) is 5.73 Å². The lowest BCUT2D eigenvalue weighted by atomic mass is 10.4. The van der Waals surface area contributed by atoms with Crippen molar-refractivity contribution in [3.63, 3.8) is 0 Å². The molecule has 0 saturated heterocycles. The molecule has 0 bridgehead atoms. The van der Waals surface area contributed by atoms with Gasteiger partial charge in [-0.2, -0.15) is 12.6 Å². The Bertz CT molecular complexity index is 324. The van der Waals surface area contributed by atoms with Crippen LogP contribution in [0.15, 0.2) is 16.9 Å². The fourth-order valence-electron chi connectivity index (χ4n) is 0.609. The summed E-state index contributed by atoms with van der Waals surface area (Å²) in [6.07, 6.45) is 2.46. The summed E-state index contributed by atoms with van der Waals surface area (Å²) < 4.78 is 8.95. The lowest BCUT2D eigenvalue weighted by Crippen LogP contribution is -2.35. The Morgan fingerprint density at radius 2 is 2.43 bits per heavy atom. The summed E-state index contributed by atoms with van der Waals surface area (Å²) in [5, 5.41) is 0. The highest BCUT2D eigenvalue weighted by Crippen LogP contribution is 1.99. The van der Waals surface area contributed by atoms with Crippen molar-refractivity contribution in [2.75, 3.05) is 5.75 Å². The predicted molar refractivity (Wildman–Crippen MR) is 48.8 cm³/mol. The van der Waals surface area contributed by atoms with Gasteiger partial charge >= 0.3 is 17.8 Å². The molecule has 0 radical (unpaired) electrons. The zero-order valence-electron chi connectivity index (χ0n) is 7.04. The Kier molecular flexibility index (Phi) is 3.66. The zero-order valence-corrected chi connectivity index (χ0v) is 7.94. The Morgan fingerprint density at radius 3 is 2.93 bits per heavy atom. The highest BCUT2D eigenvalue weighted by atomic mass is 32.1. The lowest BCUT2D eigenvalue weighted by molar-refractivity contribution is -0.139. The molecule has 76 valence electrons. The number of esters is 2. The van der Waals surface area contributed by atoms with Gasteiger partial charge in [0.1, 0.15) is 12.3 Å². The Hall–Kier alpha value is -1.34. The molecule has 1 atom stereocenters. The number of carbonyl (C=O) groups is 2. The summed E-state index contributed by atoms with van der Waals surface area (Å²) in [5.41, 5.74) is 5.26. The molecule has 0 aliphatic rings. The first-order valence-electron chi connectivity index (χ1n) is 3.67. The lowest BCUT2D eigenvalue weighted by Gasteiger charge is -2.04. The third-order valence-corrected chi connectivity index (χ3v) is 1.69. The topological polar surface area (TPSA) is 95.4 Å². The van der Waals surface area contributed by atoms with Crippen LogP contribution in [0.3, 0.4) is 0 Å². The van der Waals surface area contributed by atoms with E-state index in [2.05, 4.69) is 26.8 Å². The van der Waals surface area contributed by atoms with Gasteiger partial charge in [0, 0.05) is 5.75 Å². The van der Waals surface area contributed by atoms with E-state index in [1.807, 2.05) is 0 Å². The largest absolute Gasteiger partial charge is 0.440 e. The second-order valence-electron chi connectivity index (χ2n) is 2.33. The molecule has 1 heterocycles. The summed E-state index contributed by atoms with van der Waals surface area (Å²) >= 11 is 3.78. The molecule has 1 aromatic rings. The SMILES string of the molecule is N[C@@H](CS)C(=O)OC(=O)c1ncco1. The smallest absolute Gasteiger partial charge is 0.402 e. The van der Waals surface area contributed by atoms with Gasteiger partial charge in [-0.15, -0.1) is 0 Å². The van der Waals surface area contributed by atoms with Crippen LogP contribution in [0.25, 0.3) is 0 Å². The van der Waals surface area contributed by atoms with Crippen LogP contribution in [-0.4, -0.2) is 28.7 Å². The Balaban J connectivity index is 2.54. The fraction of sp³-hybridized carbons (Fsp3) is 0.286. The standard InChI is InChI=1S/C7H8N2O4S/c8-4(3-14)6(10)13-7(11)5-9-1-2-12-5/h1-2,4,14H,3,8H2/t4-/m0/s1. The highest BCUT2D eigenvalue weighted by Gasteiger charge is 2.21. The molecule has 0 fully saturated rings. The molecule has 0 unspecified atom stereocenters. The van der Waals surface area contributed by atoms with Crippen molar-refractivity contribution in [3.05, 3.63) is 18.4 Å². The average molecular weight is 216 g/mol. The van der Waals surface area contributed by atoms with Crippen LogP contribution in [-0.2, 0) is 9.53 Å². The van der Waals surface area contributed by atoms with Crippen molar-refractivity contribution >= 4 is 24.6 Å². The average Bonchev–Trinajstić information content (AvgIpc) is 2.69. The van der Waals surface area contributed by atoms with Crippen LogP contribution >= 0.6 is 12.6 Å². The van der Waals surface area contributed by atoms with Crippen LogP contribution < -0.4 is 5.73 Å². The van der Waals surface area contributed by atoms with E-state index >= 15 is 0 Å². The van der Waals surface area contributed by atoms with Crippen molar-refractivity contribution in [1.82, 2.24) is 4.98 Å². The van der Waals surface area contributed by atoms with Gasteiger partial charge in [0.05, 0.1) is 6.20 Å². The molecule has 6 nitrogen and oxygen atoms in total. The molecule has 0 amide bonds. The minimum atomic E-state index is -0.961. The van der Waals surface area contributed by atoms with Crippen molar-refractivity contribution in [1.29, 1.82) is 0 Å². The van der Waals surface area contributed by atoms with E-state index in [1.165, 1.54) is 12.5 Å². The second kappa shape index (κ2) is 4.77. The van der Waals surface area contributed by atoms with Gasteiger partial charge in [-0.1, -0.05) is 0 Å². The van der Waals surface area contributed by atoms with Crippen molar-refractivity contribution < 1.29 is 18.7 Å². The number of ether oxygens (including phenoxy) is 1. The van der Waals surface area contributed by atoms with Crippen LogP contribution in [0.4, 0.5) is 0 Å². The van der Waals surface area contributed by atoms with Gasteiger partial charge in [0.25, 0.3) is 0 Å². The number of thiol groups is 1. The fourth-order valence-corrected chi connectivity index (χ4v) is 0.759. The van der Waals surface area contributed by atoms with Gasteiger partial charge in [0.15, 0.2) is 0 Å². The number of nitrogens with two attached hydrogens (primary N) is 1. The number of nitrogens with zero attached hydrogens (tertiary/aromatic N) is 1. The van der Waals surface area contributed by atoms with E-state index in [-0.39, 0.29) is 11.6 Å². The molecule has 14 heavy (non-hydrogen) atoms. The van der Waals surface area contributed by atoms with Gasteiger partial charge in [-0.3, -0.25) is 0 Å². The summed E-state index contributed by atoms with van der Waals surface area (Å²) in [6.45, 7) is 0. The molecule has 0 aliphatic heterocycles. The summed E-state index contributed by atoms with van der Waals surface area (Å²) in [6, 6.07) is -0.933. The van der Waals surface area contributed by atoms with Gasteiger partial charge in [0.2, 0.25) is 0 Å². The normalized spacial score (nSPS) is 12.1. The van der Waals surface area contributed by atoms with Gasteiger partial charge < -0.3 is 14.9 Å². The van der Waals surface area contributed by atoms with E-state index in [4.69, 9.17) is 5.73 Å². The predicted octanol–water partition coefficient (Wildman–Crippen LogP) is -0.385. The summed E-state index contributed by atoms with van der Waals surface area (Å²) in [5.74, 6) is -2.01. The molecule has 0 aliphatic carbocycles. The van der Waals surface area contributed by atoms with E-state index < -0.39 is 18.0 Å². The minimum absolute atomic E-state index is 0.0949. The number of oxazole rings is 1. The maximum Gasteiger partial charge on any atom is 0.402 e. The number of carbonyl (C=O) groups excluding carboxylic acids is 2. The molecular weight excluding hydrogens is 208 g/mol. The molecule has 0 spiro atoms. The van der Waals surface area contributed by atoms with Crippen molar-refractivity contribution in [3.8, 4) is 0 Å². The first-order chi connectivity index (χ1) is 6.65. The van der Waals surface area contributed by atoms with Crippen molar-refractivity contribution in [2.45, 2.75) is 6.04 Å². The first-order valence-corrected chi connectivity index (χ1v) is 4.30. The molecule has 7 heteroatoms. The molecule has 2 N–H and O–H groups in total. The van der Waals surface area contributed by atoms with E-state index in [0.29, 0.717) is 0 Å². The molecule has 0 aromatic carbocycles. The number of hydrogen-bond acceptors (Lipinski definition) is 7. The Labute approximate surface area is 84.8 Å². The van der Waals surface area contributed by atoms with Crippen LogP contribution in [0.5, 0.6) is 0 Å². The van der Waals surface area contributed by atoms with E-state index in [1.54, 1.807) is 0 Å². The summed E-state index contributed by atoms with van der Waals surface area (Å²) in [7, 11) is 0. The van der Waals surface area contributed by atoms with Crippen LogP contribution in [0.2, 0.25) is 0 Å². The molecule has 1 aromatic heterocycles. The monoisotopic (exact) mass is 216 g/mol. The number of aromatic nitrogens is 1. The van der Waals surface area contributed by atoms with E-state index in [9.17, 15) is 9.59 Å². The van der Waals surface area contributed by atoms with Gasteiger partial charge in [-0.05, 0) is 0 Å². The highest BCUT2D eigenvalue weighted by molar-refractivity contribution is 7.80. The third-order valence-electron chi connectivity index (χ3n) is 1.30. The summed E-state index contributed by atoms with van der Waals surface area (Å²) in [4.78, 5) is 25.6. The second-order valence-corrected chi connectivity index (χ2v) is 2.70. The van der Waals surface area contributed by atoms with Crippen LogP contribution in [0.1, 0.15) is 10.7 Å². The molecule has 1 rings (SSSR count). The number of hydrogen-bond donors (Lipinski definition) is 2. The van der Waals surface area contributed by atoms with E-state index in [0.717, 1.165) is 0 Å². The Morgan fingerprint density at radius 1 is 1.71 bits per heavy atom. The van der Waals surface area contributed by atoms with Crippen LogP contribution in [0, 0.1) is 0 Å². The molecular formula is C7H8N2O4S. The maximum atomic E-state index is 11.1. The quantitative estimate of drug-likeness (QED) is 0.406. The first kappa shape index (κ1) is 10.7. The number of rotatable bonds is 3. The zero-order chi connectivity index (χ0) is 10.6.